The van der Waals surface area contributed by atoms with Crippen LogP contribution < -0.4 is 5.73 Å². The monoisotopic (exact) mass is 496 g/mol. The lowest BCUT2D eigenvalue weighted by atomic mass is 10.00. The molecule has 10 nitrogen and oxygen atoms in total. The van der Waals surface area contributed by atoms with Crippen LogP contribution in [0.2, 0.25) is 0 Å². The highest BCUT2D eigenvalue weighted by atomic mass is 32.2. The topological polar surface area (TPSA) is 138 Å². The quantitative estimate of drug-likeness (QED) is 0.618. The number of aromatic nitrogens is 2. The molecule has 0 aliphatic carbocycles. The van der Waals surface area contributed by atoms with Gasteiger partial charge in [0.2, 0.25) is 5.82 Å². The maximum absolute atomic E-state index is 14.2. The van der Waals surface area contributed by atoms with E-state index in [4.69, 9.17) is 19.7 Å². The molecule has 3 unspecified atom stereocenters. The fourth-order valence-corrected chi connectivity index (χ4v) is 5.25. The third kappa shape index (κ3) is 5.23. The van der Waals surface area contributed by atoms with Crippen LogP contribution in [0.5, 0.6) is 0 Å². The van der Waals surface area contributed by atoms with Crippen LogP contribution in [0.25, 0.3) is 11.4 Å². The lowest BCUT2D eigenvalue weighted by molar-refractivity contribution is -0.0722. The first-order chi connectivity index (χ1) is 15.8. The average molecular weight is 497 g/mol. The van der Waals surface area contributed by atoms with Crippen LogP contribution >= 0.6 is 0 Å². The average Bonchev–Trinajstić information content (AvgIpc) is 3.29. The Bertz CT molecular complexity index is 1160. The minimum absolute atomic E-state index is 0.0142. The number of fused-ring (bicyclic) bond motifs is 2. The third-order valence-corrected chi connectivity index (χ3v) is 7.04. The molecule has 1 aromatic heterocycles. The summed E-state index contributed by atoms with van der Waals surface area (Å²) in [6, 6.07) is 3.60. The standard InChI is InChI=1S/C22H29FN4O6S/c1-22(2,3)32-21(28)27-13-6-7-14(27)11-15(10-13)31-18(24)20-25-19(26-33-20)12-5-8-17(16(23)9-12)34(4,29)30/h5,8-9,13-15,18H,6-7,10-11,24H2,1-4H3. The predicted octanol–water partition coefficient (Wildman–Crippen LogP) is 3.18. The first kappa shape index (κ1) is 24.6. The molecule has 12 heteroatoms. The Kier molecular flexibility index (Phi) is 6.42. The maximum Gasteiger partial charge on any atom is 0.410 e. The molecule has 2 N–H and O–H groups in total. The summed E-state index contributed by atoms with van der Waals surface area (Å²) in [5.74, 6) is -0.823. The van der Waals surface area contributed by atoms with Gasteiger partial charge in [-0.25, -0.2) is 17.6 Å². The van der Waals surface area contributed by atoms with Crippen LogP contribution in [0.4, 0.5) is 9.18 Å². The van der Waals surface area contributed by atoms with Crippen LogP contribution in [-0.2, 0) is 19.3 Å². The number of amides is 1. The van der Waals surface area contributed by atoms with E-state index in [1.807, 2.05) is 25.7 Å². The number of nitrogens with two attached hydrogens (primary N) is 1. The van der Waals surface area contributed by atoms with Gasteiger partial charge in [-0.1, -0.05) is 5.16 Å². The summed E-state index contributed by atoms with van der Waals surface area (Å²) in [6.45, 7) is 5.53. The molecule has 3 atom stereocenters. The van der Waals surface area contributed by atoms with Crippen LogP contribution in [0.3, 0.4) is 0 Å². The summed E-state index contributed by atoms with van der Waals surface area (Å²) in [7, 11) is -3.69. The molecule has 34 heavy (non-hydrogen) atoms. The number of carbonyl (C=O) groups excluding carboxylic acids is 1. The molecular formula is C22H29FN4O6S. The second kappa shape index (κ2) is 8.90. The van der Waals surface area contributed by atoms with Crippen molar-refractivity contribution in [3.05, 3.63) is 29.9 Å². The van der Waals surface area contributed by atoms with Gasteiger partial charge in [0.05, 0.1) is 6.10 Å². The molecule has 2 aliphatic rings. The maximum atomic E-state index is 14.2. The molecule has 2 saturated heterocycles. The number of benzene rings is 1. The van der Waals surface area contributed by atoms with Gasteiger partial charge in [0.15, 0.2) is 16.1 Å². The van der Waals surface area contributed by atoms with Gasteiger partial charge in [-0.15, -0.1) is 0 Å². The zero-order chi connectivity index (χ0) is 24.8. The summed E-state index contributed by atoms with van der Waals surface area (Å²) in [4.78, 5) is 18.2. The number of sulfone groups is 1. The molecule has 1 amide bonds. The van der Waals surface area contributed by atoms with Crippen molar-refractivity contribution in [2.45, 2.75) is 81.4 Å². The van der Waals surface area contributed by atoms with E-state index in [2.05, 4.69) is 10.1 Å². The van der Waals surface area contributed by atoms with Gasteiger partial charge in [-0.3, -0.25) is 5.73 Å². The summed E-state index contributed by atoms with van der Waals surface area (Å²) in [5, 5.41) is 3.81. The zero-order valence-electron chi connectivity index (χ0n) is 19.5. The molecule has 2 aromatic rings. The van der Waals surface area contributed by atoms with Gasteiger partial charge in [-0.2, -0.15) is 4.98 Å². The Labute approximate surface area is 197 Å². The van der Waals surface area contributed by atoms with E-state index >= 15 is 0 Å². The van der Waals surface area contributed by atoms with Gasteiger partial charge >= 0.3 is 6.09 Å². The molecule has 2 aliphatic heterocycles. The zero-order valence-corrected chi connectivity index (χ0v) is 20.3. The highest BCUT2D eigenvalue weighted by molar-refractivity contribution is 7.90. The van der Waals surface area contributed by atoms with Gasteiger partial charge < -0.3 is 18.9 Å². The molecule has 2 fully saturated rings. The van der Waals surface area contributed by atoms with Crippen LogP contribution in [0.15, 0.2) is 27.6 Å². The Morgan fingerprint density at radius 2 is 1.91 bits per heavy atom. The second-order valence-electron chi connectivity index (χ2n) is 9.80. The summed E-state index contributed by atoms with van der Waals surface area (Å²) >= 11 is 0. The van der Waals surface area contributed by atoms with Crippen molar-refractivity contribution in [3.8, 4) is 11.4 Å². The van der Waals surface area contributed by atoms with E-state index in [1.165, 1.54) is 6.07 Å². The molecular weight excluding hydrogens is 467 g/mol. The van der Waals surface area contributed by atoms with Gasteiger partial charge in [-0.05, 0) is 64.7 Å². The highest BCUT2D eigenvalue weighted by Crippen LogP contribution is 2.39. The number of carbonyl (C=O) groups is 1. The van der Waals surface area contributed by atoms with Crippen molar-refractivity contribution in [1.82, 2.24) is 15.0 Å². The number of halogens is 1. The second-order valence-corrected chi connectivity index (χ2v) is 11.8. The Morgan fingerprint density at radius 3 is 2.47 bits per heavy atom. The normalized spacial score (nSPS) is 23.7. The Hall–Kier alpha value is -2.57. The first-order valence-corrected chi connectivity index (χ1v) is 13.0. The fraction of sp³-hybridized carbons (Fsp3) is 0.591. The van der Waals surface area contributed by atoms with Gasteiger partial charge in [0.25, 0.3) is 5.89 Å². The molecule has 1 aromatic carbocycles. The number of hydrogen-bond donors (Lipinski definition) is 1. The van der Waals surface area contributed by atoms with E-state index in [9.17, 15) is 17.6 Å². The molecule has 3 heterocycles. The molecule has 0 radical (unpaired) electrons. The van der Waals surface area contributed by atoms with Gasteiger partial charge in [0.1, 0.15) is 16.3 Å². The Morgan fingerprint density at radius 1 is 1.26 bits per heavy atom. The van der Waals surface area contributed by atoms with E-state index in [0.717, 1.165) is 31.2 Å². The highest BCUT2D eigenvalue weighted by Gasteiger charge is 2.45. The number of ether oxygens (including phenoxy) is 2. The molecule has 0 spiro atoms. The fourth-order valence-electron chi connectivity index (χ4n) is 4.53. The minimum atomic E-state index is -3.69. The summed E-state index contributed by atoms with van der Waals surface area (Å²) in [5.41, 5.74) is 5.83. The Balaban J connectivity index is 1.40. The molecule has 2 bridgehead atoms. The summed E-state index contributed by atoms with van der Waals surface area (Å²) < 4.78 is 54.1. The van der Waals surface area contributed by atoms with Crippen molar-refractivity contribution in [2.75, 3.05) is 6.26 Å². The number of piperidine rings is 1. The number of rotatable bonds is 5. The largest absolute Gasteiger partial charge is 0.444 e. The molecule has 4 rings (SSSR count). The lowest BCUT2D eigenvalue weighted by Gasteiger charge is -2.39. The molecule has 186 valence electrons. The van der Waals surface area contributed by atoms with Crippen molar-refractivity contribution in [3.63, 3.8) is 0 Å². The third-order valence-electron chi connectivity index (χ3n) is 5.91. The van der Waals surface area contributed by atoms with Crippen LogP contribution in [0.1, 0.15) is 58.6 Å². The van der Waals surface area contributed by atoms with Crippen molar-refractivity contribution < 1.29 is 31.6 Å². The number of nitrogens with zero attached hydrogens (tertiary/aromatic N) is 3. The number of hydrogen-bond acceptors (Lipinski definition) is 9. The van der Waals surface area contributed by atoms with E-state index in [0.29, 0.717) is 12.8 Å². The molecule has 0 saturated carbocycles. The predicted molar refractivity (Wildman–Crippen MR) is 119 cm³/mol. The van der Waals surface area contributed by atoms with Crippen molar-refractivity contribution >= 4 is 15.9 Å². The summed E-state index contributed by atoms with van der Waals surface area (Å²) in [6.07, 6.45) is 2.39. The van der Waals surface area contributed by atoms with Crippen LogP contribution in [-0.4, -0.2) is 59.6 Å². The lowest BCUT2D eigenvalue weighted by Crippen LogP contribution is -2.50. The van der Waals surface area contributed by atoms with E-state index in [1.54, 1.807) is 0 Å². The smallest absolute Gasteiger partial charge is 0.410 e. The minimum Gasteiger partial charge on any atom is -0.444 e. The van der Waals surface area contributed by atoms with E-state index in [-0.39, 0.29) is 41.6 Å². The van der Waals surface area contributed by atoms with E-state index < -0.39 is 32.4 Å². The van der Waals surface area contributed by atoms with Crippen LogP contribution in [0, 0.1) is 5.82 Å². The first-order valence-electron chi connectivity index (χ1n) is 11.1. The van der Waals surface area contributed by atoms with Crippen molar-refractivity contribution in [2.24, 2.45) is 5.73 Å². The SMILES string of the molecule is CC(C)(C)OC(=O)N1C2CCC1CC(OC(N)c1nc(-c3ccc(S(C)(=O)=O)c(F)c3)no1)C2. The van der Waals surface area contributed by atoms with Gasteiger partial charge in [0, 0.05) is 23.9 Å². The van der Waals surface area contributed by atoms with Crippen molar-refractivity contribution in [1.29, 1.82) is 0 Å².